The van der Waals surface area contributed by atoms with Crippen LogP contribution in [0.2, 0.25) is 0 Å². The van der Waals surface area contributed by atoms with Gasteiger partial charge in [-0.05, 0) is 0 Å². The molecule has 0 saturated carbocycles. The van der Waals surface area contributed by atoms with Crippen LogP contribution in [-0.4, -0.2) is 54.6 Å². The van der Waals surface area contributed by atoms with E-state index in [0.717, 1.165) is 66.4 Å². The van der Waals surface area contributed by atoms with Gasteiger partial charge in [0.1, 0.15) is 0 Å². The average Bonchev–Trinajstić information content (AvgIpc) is 3.12. The van der Waals surface area contributed by atoms with E-state index in [1.54, 1.807) is 0 Å². The van der Waals surface area contributed by atoms with Crippen molar-refractivity contribution in [2.45, 2.75) is 27.7 Å². The van der Waals surface area contributed by atoms with Crippen LogP contribution in [0.25, 0.3) is 43.6 Å². The molecule has 0 spiro atoms. The zero-order chi connectivity index (χ0) is 34.9. The minimum absolute atomic E-state index is 0.566. The standard InChI is InChI=1S/4C10H9NO.2Ga.O/c4*1-7-5-6-8-3-2-4-9(12)10(8)11-7;;;/h4*2-6,12H,1H3;;;/q;;;;2*+2;/p-4. The Bertz CT molecular complexity index is 2220. The zero-order valence-corrected chi connectivity index (χ0v) is 33.4. The first-order chi connectivity index (χ1) is 24.9. The second-order valence-corrected chi connectivity index (χ2v) is 20.2. The summed E-state index contributed by atoms with van der Waals surface area (Å²) in [5, 5.41) is 3.78. The third-order valence-electron chi connectivity index (χ3n) is 8.40. The quantitative estimate of drug-likeness (QED) is 0.126. The van der Waals surface area contributed by atoms with Gasteiger partial charge in [0, 0.05) is 0 Å². The molecule has 0 fully saturated rings. The Labute approximate surface area is 307 Å². The Hall–Kier alpha value is -5.05. The number of hydrogen-bond donors (Lipinski definition) is 0. The van der Waals surface area contributed by atoms with Crippen molar-refractivity contribution < 1.29 is 16.4 Å². The maximum absolute atomic E-state index is 6.96. The van der Waals surface area contributed by atoms with E-state index in [0.29, 0.717) is 23.0 Å². The number of aryl methyl sites for hydroxylation is 4. The number of para-hydroxylation sites is 4. The molecule has 51 heavy (non-hydrogen) atoms. The van der Waals surface area contributed by atoms with Crippen LogP contribution >= 0.6 is 0 Å². The Balaban J connectivity index is 1.24. The normalized spacial score (nSPS) is 11.2. The Morgan fingerprint density at radius 3 is 0.843 bits per heavy atom. The SMILES string of the molecule is Cc1ccc2cccc([O][Ga]([O]c3cccc4ccc(C)nc34)[O][Ga]([O]c3cccc4ccc(C)nc34)[O]c3cccc4ccc(C)nc34)c2n1. The van der Waals surface area contributed by atoms with E-state index in [2.05, 4.69) is 0 Å². The summed E-state index contributed by atoms with van der Waals surface area (Å²) in [6.45, 7) is 7.83. The number of hydrogen-bond acceptors (Lipinski definition) is 9. The molecule has 0 amide bonds. The van der Waals surface area contributed by atoms with E-state index in [-0.39, 0.29) is 0 Å². The summed E-state index contributed by atoms with van der Waals surface area (Å²) in [6.07, 6.45) is 0. The van der Waals surface area contributed by atoms with Crippen LogP contribution < -0.4 is 14.1 Å². The molecule has 0 bridgehead atoms. The fourth-order valence-corrected chi connectivity index (χ4v) is 14.7. The van der Waals surface area contributed by atoms with Gasteiger partial charge in [-0.25, -0.2) is 0 Å². The molecule has 0 aliphatic rings. The van der Waals surface area contributed by atoms with Crippen LogP contribution in [0.5, 0.6) is 23.0 Å². The minimum atomic E-state index is -3.87. The van der Waals surface area contributed by atoms with Crippen molar-refractivity contribution in [3.05, 3.63) is 144 Å². The van der Waals surface area contributed by atoms with Crippen molar-refractivity contribution in [2.24, 2.45) is 0 Å². The predicted octanol–water partition coefficient (Wildman–Crippen LogP) is 8.72. The molecule has 248 valence electrons. The fourth-order valence-electron chi connectivity index (χ4n) is 5.91. The van der Waals surface area contributed by atoms with Crippen molar-refractivity contribution in [3.8, 4) is 23.0 Å². The fraction of sp³-hybridized carbons (Fsp3) is 0.100. The van der Waals surface area contributed by atoms with Gasteiger partial charge in [0.25, 0.3) is 0 Å². The molecule has 4 aromatic carbocycles. The molecule has 0 N–H and O–H groups in total. The molecule has 0 atom stereocenters. The van der Waals surface area contributed by atoms with Gasteiger partial charge in [0.15, 0.2) is 0 Å². The van der Waals surface area contributed by atoms with E-state index in [9.17, 15) is 0 Å². The first-order valence-electron chi connectivity index (χ1n) is 16.6. The first-order valence-corrected chi connectivity index (χ1v) is 22.6. The summed E-state index contributed by atoms with van der Waals surface area (Å²) < 4.78 is 34.1. The van der Waals surface area contributed by atoms with Crippen molar-refractivity contribution in [1.82, 2.24) is 19.9 Å². The van der Waals surface area contributed by atoms with Gasteiger partial charge < -0.3 is 0 Å². The van der Waals surface area contributed by atoms with Gasteiger partial charge in [-0.3, -0.25) is 0 Å². The Morgan fingerprint density at radius 2 is 0.588 bits per heavy atom. The predicted molar refractivity (Wildman–Crippen MR) is 201 cm³/mol. The number of rotatable bonds is 10. The van der Waals surface area contributed by atoms with Gasteiger partial charge in [0.2, 0.25) is 0 Å². The molecular weight excluding hydrogens is 756 g/mol. The summed E-state index contributed by atoms with van der Waals surface area (Å²) in [7, 11) is 0. The summed E-state index contributed by atoms with van der Waals surface area (Å²) in [4.78, 5) is 19.3. The number of aromatic nitrogens is 4. The summed E-state index contributed by atoms with van der Waals surface area (Å²) in [5.74, 6) is 2.27. The van der Waals surface area contributed by atoms with Crippen molar-refractivity contribution >= 4 is 78.2 Å². The summed E-state index contributed by atoms with van der Waals surface area (Å²) >= 11 is -7.73. The van der Waals surface area contributed by atoms with Crippen LogP contribution in [0.3, 0.4) is 0 Å². The summed E-state index contributed by atoms with van der Waals surface area (Å²) in [6, 6.07) is 39.4. The topological polar surface area (TPSA) is 97.7 Å². The first kappa shape index (κ1) is 33.1. The van der Waals surface area contributed by atoms with Gasteiger partial charge in [-0.1, -0.05) is 0 Å². The van der Waals surface area contributed by atoms with E-state index < -0.39 is 34.6 Å². The molecule has 4 aromatic heterocycles. The van der Waals surface area contributed by atoms with Crippen LogP contribution in [-0.2, 0) is 2.32 Å². The molecule has 0 aliphatic heterocycles. The monoisotopic (exact) mass is 786 g/mol. The van der Waals surface area contributed by atoms with Gasteiger partial charge >= 0.3 is 309 Å². The molecule has 8 aromatic rings. The van der Waals surface area contributed by atoms with Crippen molar-refractivity contribution in [3.63, 3.8) is 0 Å². The second-order valence-electron chi connectivity index (χ2n) is 12.3. The Morgan fingerprint density at radius 1 is 0.333 bits per heavy atom. The molecule has 4 heterocycles. The van der Waals surface area contributed by atoms with Crippen molar-refractivity contribution in [2.75, 3.05) is 0 Å². The molecule has 8 rings (SSSR count). The van der Waals surface area contributed by atoms with E-state index in [1.165, 1.54) is 0 Å². The maximum atomic E-state index is 6.96. The zero-order valence-electron chi connectivity index (χ0n) is 28.5. The van der Waals surface area contributed by atoms with E-state index in [1.807, 2.05) is 149 Å². The van der Waals surface area contributed by atoms with Gasteiger partial charge in [-0.15, -0.1) is 0 Å². The average molecular weight is 788 g/mol. The molecule has 0 unspecified atom stereocenters. The molecular formula is C40H32Ga2N4O5. The van der Waals surface area contributed by atoms with Gasteiger partial charge in [-0.2, -0.15) is 0 Å². The van der Waals surface area contributed by atoms with E-state index in [4.69, 9.17) is 36.4 Å². The van der Waals surface area contributed by atoms with E-state index >= 15 is 0 Å². The van der Waals surface area contributed by atoms with Crippen molar-refractivity contribution in [1.29, 1.82) is 0 Å². The second kappa shape index (κ2) is 14.3. The molecule has 0 aliphatic carbocycles. The molecule has 9 nitrogen and oxygen atoms in total. The van der Waals surface area contributed by atoms with Gasteiger partial charge in [0.05, 0.1) is 0 Å². The molecule has 0 saturated heterocycles. The third kappa shape index (κ3) is 7.25. The molecule has 11 heteroatoms. The van der Waals surface area contributed by atoms with Crippen LogP contribution in [0.15, 0.2) is 121 Å². The molecule has 0 radical (unpaired) electrons. The van der Waals surface area contributed by atoms with Crippen LogP contribution in [0, 0.1) is 27.7 Å². The third-order valence-corrected chi connectivity index (χ3v) is 17.9. The number of benzene rings is 4. The Kier molecular flexibility index (Phi) is 9.28. The summed E-state index contributed by atoms with van der Waals surface area (Å²) in [5.41, 5.74) is 6.38. The van der Waals surface area contributed by atoms with Crippen LogP contribution in [0.4, 0.5) is 0 Å². The number of pyridine rings is 4. The number of fused-ring (bicyclic) bond motifs is 4. The number of nitrogens with zero attached hydrogens (tertiary/aromatic N) is 4. The van der Waals surface area contributed by atoms with Crippen LogP contribution in [0.1, 0.15) is 22.8 Å².